The van der Waals surface area contributed by atoms with Crippen LogP contribution in [-0.4, -0.2) is 19.4 Å². The number of carbonyl (C=O) groups is 1. The lowest BCUT2D eigenvalue weighted by Gasteiger charge is -2.19. The molecule has 2 N–H and O–H groups in total. The molecule has 0 aliphatic rings. The highest BCUT2D eigenvalue weighted by Gasteiger charge is 2.24. The summed E-state index contributed by atoms with van der Waals surface area (Å²) in [5, 5.41) is 10.0. The Balaban J connectivity index is 3.24. The normalized spacial score (nSPS) is 10.8. The molecular formula is C14H21N3OS. The molecule has 104 valence electrons. The molecule has 5 heteroatoms. The predicted octanol–water partition coefficient (Wildman–Crippen LogP) is 3.13. The van der Waals surface area contributed by atoms with Gasteiger partial charge in [-0.1, -0.05) is 27.7 Å². The fourth-order valence-electron chi connectivity index (χ4n) is 1.88. The first-order valence-electron chi connectivity index (χ1n) is 6.37. The van der Waals surface area contributed by atoms with Crippen molar-refractivity contribution in [1.29, 1.82) is 5.26 Å². The fraction of sp³-hybridized carbons (Fsp3) is 0.571. The average molecular weight is 279 g/mol. The van der Waals surface area contributed by atoms with E-state index in [1.807, 2.05) is 25.8 Å². The summed E-state index contributed by atoms with van der Waals surface area (Å²) >= 11 is 1.33. The highest BCUT2D eigenvalue weighted by atomic mass is 32.1. The molecule has 1 aromatic heterocycles. The van der Waals surface area contributed by atoms with Gasteiger partial charge in [-0.25, -0.2) is 0 Å². The van der Waals surface area contributed by atoms with E-state index in [1.54, 1.807) is 0 Å². The van der Waals surface area contributed by atoms with Gasteiger partial charge in [-0.2, -0.15) is 5.26 Å². The molecule has 0 unspecified atom stereocenters. The summed E-state index contributed by atoms with van der Waals surface area (Å²) in [6.45, 7) is 8.72. The Hall–Kier alpha value is -1.54. The van der Waals surface area contributed by atoms with E-state index in [2.05, 4.69) is 19.9 Å². The van der Waals surface area contributed by atoms with E-state index in [9.17, 15) is 10.1 Å². The molecule has 19 heavy (non-hydrogen) atoms. The molecule has 0 aromatic carbocycles. The van der Waals surface area contributed by atoms with Gasteiger partial charge in [0.05, 0.1) is 10.6 Å². The second-order valence-electron chi connectivity index (χ2n) is 5.43. The van der Waals surface area contributed by atoms with Crippen molar-refractivity contribution >= 4 is 27.8 Å². The first-order chi connectivity index (χ1) is 8.79. The Bertz CT molecular complexity index is 511. The summed E-state index contributed by atoms with van der Waals surface area (Å²) in [6.07, 6.45) is 0. The number of ketones is 1. The summed E-state index contributed by atoms with van der Waals surface area (Å²) in [4.78, 5) is 14.6. The van der Waals surface area contributed by atoms with E-state index in [0.29, 0.717) is 22.0 Å². The molecule has 0 aliphatic carbocycles. The summed E-state index contributed by atoms with van der Waals surface area (Å²) in [7, 11) is 1.93. The monoisotopic (exact) mass is 279 g/mol. The van der Waals surface area contributed by atoms with Crippen LogP contribution in [0.2, 0.25) is 0 Å². The molecule has 1 rings (SSSR count). The highest BCUT2D eigenvalue weighted by Crippen LogP contribution is 2.38. The van der Waals surface area contributed by atoms with Gasteiger partial charge in [0.1, 0.15) is 16.6 Å². The van der Waals surface area contributed by atoms with Crippen LogP contribution < -0.4 is 10.6 Å². The molecule has 1 heterocycles. The van der Waals surface area contributed by atoms with Gasteiger partial charge < -0.3 is 10.6 Å². The van der Waals surface area contributed by atoms with Crippen molar-refractivity contribution in [3.05, 3.63) is 10.4 Å². The van der Waals surface area contributed by atoms with Crippen LogP contribution >= 0.6 is 11.3 Å². The zero-order chi connectivity index (χ0) is 14.7. The lowest BCUT2D eigenvalue weighted by Crippen LogP contribution is -2.22. The molecule has 0 spiro atoms. The Morgan fingerprint density at radius 3 is 2.42 bits per heavy atom. The zero-order valence-corrected chi connectivity index (χ0v) is 13.0. The van der Waals surface area contributed by atoms with Crippen molar-refractivity contribution in [3.63, 3.8) is 0 Å². The quantitative estimate of drug-likeness (QED) is 0.841. The number of nitriles is 1. The largest absolute Gasteiger partial charge is 0.396 e. The number of hydrogen-bond acceptors (Lipinski definition) is 5. The van der Waals surface area contributed by atoms with Gasteiger partial charge in [0.25, 0.3) is 0 Å². The van der Waals surface area contributed by atoms with Crippen molar-refractivity contribution in [2.45, 2.75) is 27.7 Å². The van der Waals surface area contributed by atoms with Gasteiger partial charge in [-0.05, 0) is 5.92 Å². The maximum absolute atomic E-state index is 12.1. The molecule has 1 aromatic rings. The lowest BCUT2D eigenvalue weighted by atomic mass is 10.1. The summed E-state index contributed by atoms with van der Waals surface area (Å²) in [5.74, 6) is 0.364. The average Bonchev–Trinajstić information content (AvgIpc) is 2.64. The molecule has 0 radical (unpaired) electrons. The van der Waals surface area contributed by atoms with Gasteiger partial charge in [-0.3, -0.25) is 4.79 Å². The number of anilines is 2. The number of nitrogens with zero attached hydrogens (tertiary/aromatic N) is 2. The van der Waals surface area contributed by atoms with Crippen LogP contribution in [0.4, 0.5) is 10.7 Å². The van der Waals surface area contributed by atoms with E-state index in [0.717, 1.165) is 11.5 Å². The van der Waals surface area contributed by atoms with Crippen LogP contribution in [-0.2, 0) is 0 Å². The Labute approximate surface area is 118 Å². The summed E-state index contributed by atoms with van der Waals surface area (Å²) in [5.41, 5.74) is 6.72. The van der Waals surface area contributed by atoms with E-state index < -0.39 is 0 Å². The van der Waals surface area contributed by atoms with Crippen LogP contribution in [0.1, 0.15) is 42.9 Å². The molecule has 4 nitrogen and oxygen atoms in total. The van der Waals surface area contributed by atoms with Crippen molar-refractivity contribution in [3.8, 4) is 6.07 Å². The minimum atomic E-state index is -0.115. The number of thiophene rings is 1. The molecule has 0 amide bonds. The van der Waals surface area contributed by atoms with Crippen molar-refractivity contribution in [2.24, 2.45) is 11.8 Å². The molecule has 0 aliphatic heterocycles. The topological polar surface area (TPSA) is 70.1 Å². The molecule has 0 fully saturated rings. The van der Waals surface area contributed by atoms with Gasteiger partial charge in [-0.15, -0.1) is 11.3 Å². The number of rotatable bonds is 5. The van der Waals surface area contributed by atoms with E-state index in [1.165, 1.54) is 11.3 Å². The van der Waals surface area contributed by atoms with Crippen molar-refractivity contribution < 1.29 is 4.79 Å². The molecular weight excluding hydrogens is 258 g/mol. The molecule has 0 saturated heterocycles. The van der Waals surface area contributed by atoms with Crippen molar-refractivity contribution in [1.82, 2.24) is 0 Å². The summed E-state index contributed by atoms with van der Waals surface area (Å²) in [6, 6.07) is 2.12. The lowest BCUT2D eigenvalue weighted by molar-refractivity contribution is 0.0944. The summed E-state index contributed by atoms with van der Waals surface area (Å²) < 4.78 is 0. The highest BCUT2D eigenvalue weighted by molar-refractivity contribution is 7.19. The van der Waals surface area contributed by atoms with Crippen LogP contribution in [0.25, 0.3) is 0 Å². The third kappa shape index (κ3) is 3.27. The fourth-order valence-corrected chi connectivity index (χ4v) is 3.11. The van der Waals surface area contributed by atoms with Crippen LogP contribution in [0, 0.1) is 23.2 Å². The van der Waals surface area contributed by atoms with Crippen molar-refractivity contribution in [2.75, 3.05) is 24.2 Å². The zero-order valence-electron chi connectivity index (χ0n) is 12.2. The second-order valence-corrected chi connectivity index (χ2v) is 6.43. The maximum atomic E-state index is 12.1. The van der Waals surface area contributed by atoms with Gasteiger partial charge in [0.15, 0.2) is 5.78 Å². The SMILES string of the molecule is CC(C)CN(C)c1sc(C(=O)C(C)C)c(N)c1C#N. The first-order valence-corrected chi connectivity index (χ1v) is 7.18. The smallest absolute Gasteiger partial charge is 0.177 e. The third-order valence-electron chi connectivity index (χ3n) is 2.77. The van der Waals surface area contributed by atoms with E-state index in [4.69, 9.17) is 5.73 Å². The van der Waals surface area contributed by atoms with Gasteiger partial charge in [0, 0.05) is 19.5 Å². The van der Waals surface area contributed by atoms with Crippen LogP contribution in [0.5, 0.6) is 0 Å². The number of carbonyl (C=O) groups excluding carboxylic acids is 1. The van der Waals surface area contributed by atoms with Gasteiger partial charge in [0.2, 0.25) is 0 Å². The number of nitrogens with two attached hydrogens (primary N) is 1. The predicted molar refractivity (Wildman–Crippen MR) is 80.7 cm³/mol. The minimum Gasteiger partial charge on any atom is -0.396 e. The molecule has 0 bridgehead atoms. The number of nitrogen functional groups attached to an aromatic ring is 1. The maximum Gasteiger partial charge on any atom is 0.177 e. The Morgan fingerprint density at radius 1 is 1.42 bits per heavy atom. The third-order valence-corrected chi connectivity index (χ3v) is 4.11. The van der Waals surface area contributed by atoms with E-state index >= 15 is 0 Å². The van der Waals surface area contributed by atoms with Crippen LogP contribution in [0.15, 0.2) is 0 Å². The molecule has 0 saturated carbocycles. The number of Topliss-reactive ketones (excluding diaryl/α,β-unsaturated/α-hetero) is 1. The molecule has 0 atom stereocenters. The van der Waals surface area contributed by atoms with Gasteiger partial charge >= 0.3 is 0 Å². The van der Waals surface area contributed by atoms with Crippen LogP contribution in [0.3, 0.4) is 0 Å². The standard InChI is InChI=1S/C14H21N3OS/c1-8(2)7-17(5)14-10(6-15)11(16)13(19-14)12(18)9(3)4/h8-9H,7,16H2,1-5H3. The Kier molecular flexibility index (Phi) is 4.96. The Morgan fingerprint density at radius 2 is 2.00 bits per heavy atom. The minimum absolute atomic E-state index is 0.00296. The van der Waals surface area contributed by atoms with E-state index in [-0.39, 0.29) is 11.7 Å². The first kappa shape index (κ1) is 15.5. The second kappa shape index (κ2) is 6.07. The number of hydrogen-bond donors (Lipinski definition) is 1.